The standard InChI is InChI=1S/C12H21NO2S/c1-12(2,3)10-9-16-11(13-10)5-6-15-8-7-14-4/h9H,5-8H2,1-4H3. The molecule has 0 radical (unpaired) electrons. The summed E-state index contributed by atoms with van der Waals surface area (Å²) in [5.74, 6) is 0. The smallest absolute Gasteiger partial charge is 0.0951 e. The summed E-state index contributed by atoms with van der Waals surface area (Å²) in [4.78, 5) is 4.61. The summed E-state index contributed by atoms with van der Waals surface area (Å²) in [5, 5.41) is 3.30. The largest absolute Gasteiger partial charge is 0.382 e. The molecule has 1 rings (SSSR count). The van der Waals surface area contributed by atoms with Crippen LogP contribution in [0.4, 0.5) is 0 Å². The van der Waals surface area contributed by atoms with E-state index in [1.165, 1.54) is 5.69 Å². The normalized spacial score (nSPS) is 12.0. The van der Waals surface area contributed by atoms with Crippen LogP contribution in [0.3, 0.4) is 0 Å². The Morgan fingerprint density at radius 2 is 2.00 bits per heavy atom. The molecule has 0 atom stereocenters. The van der Waals surface area contributed by atoms with Gasteiger partial charge in [0.15, 0.2) is 0 Å². The molecule has 1 aromatic heterocycles. The fourth-order valence-corrected chi connectivity index (χ4v) is 2.18. The van der Waals surface area contributed by atoms with Gasteiger partial charge in [0.05, 0.1) is 30.5 Å². The molecule has 1 heterocycles. The van der Waals surface area contributed by atoms with E-state index < -0.39 is 0 Å². The summed E-state index contributed by atoms with van der Waals surface area (Å²) >= 11 is 1.72. The summed E-state index contributed by atoms with van der Waals surface area (Å²) in [6.45, 7) is 8.59. The van der Waals surface area contributed by atoms with E-state index in [1.807, 2.05) is 0 Å². The SMILES string of the molecule is COCCOCCc1nc(C(C)(C)C)cs1. The number of rotatable bonds is 6. The molecular weight excluding hydrogens is 222 g/mol. The minimum absolute atomic E-state index is 0.145. The fourth-order valence-electron chi connectivity index (χ4n) is 1.17. The topological polar surface area (TPSA) is 31.4 Å². The van der Waals surface area contributed by atoms with Gasteiger partial charge in [0.2, 0.25) is 0 Å². The molecule has 16 heavy (non-hydrogen) atoms. The Kier molecular flexibility index (Phi) is 5.38. The molecule has 4 heteroatoms. The lowest BCUT2D eigenvalue weighted by Crippen LogP contribution is -2.11. The predicted octanol–water partition coefficient (Wildman–Crippen LogP) is 2.65. The minimum Gasteiger partial charge on any atom is -0.382 e. The highest BCUT2D eigenvalue weighted by atomic mass is 32.1. The van der Waals surface area contributed by atoms with E-state index >= 15 is 0 Å². The van der Waals surface area contributed by atoms with Gasteiger partial charge in [0.25, 0.3) is 0 Å². The van der Waals surface area contributed by atoms with Gasteiger partial charge in [-0.2, -0.15) is 0 Å². The number of nitrogens with zero attached hydrogens (tertiary/aromatic N) is 1. The molecule has 0 unspecified atom stereocenters. The van der Waals surface area contributed by atoms with E-state index in [1.54, 1.807) is 18.4 Å². The first kappa shape index (κ1) is 13.6. The first-order valence-corrected chi connectivity index (χ1v) is 6.43. The van der Waals surface area contributed by atoms with E-state index in [0.29, 0.717) is 13.2 Å². The lowest BCUT2D eigenvalue weighted by Gasteiger charge is -2.14. The Hall–Kier alpha value is -0.450. The third-order valence-corrected chi connectivity index (χ3v) is 3.12. The number of ether oxygens (including phenoxy) is 2. The number of hydrogen-bond acceptors (Lipinski definition) is 4. The molecule has 0 aromatic carbocycles. The zero-order valence-corrected chi connectivity index (χ0v) is 11.4. The van der Waals surface area contributed by atoms with Crippen molar-refractivity contribution < 1.29 is 9.47 Å². The highest BCUT2D eigenvalue weighted by Gasteiger charge is 2.17. The zero-order chi connectivity index (χ0) is 12.0. The maximum Gasteiger partial charge on any atom is 0.0951 e. The number of thiazole rings is 1. The summed E-state index contributed by atoms with van der Waals surface area (Å²) in [6, 6.07) is 0. The first-order chi connectivity index (χ1) is 7.54. The molecule has 0 fully saturated rings. The molecule has 0 spiro atoms. The Bertz CT molecular complexity index is 304. The second-order valence-corrected chi connectivity index (χ2v) is 5.67. The van der Waals surface area contributed by atoms with Crippen LogP contribution in [0, 0.1) is 0 Å². The Morgan fingerprint density at radius 1 is 1.25 bits per heavy atom. The van der Waals surface area contributed by atoms with Gasteiger partial charge in [0, 0.05) is 24.3 Å². The highest BCUT2D eigenvalue weighted by molar-refractivity contribution is 7.09. The van der Waals surface area contributed by atoms with Crippen molar-refractivity contribution >= 4 is 11.3 Å². The van der Waals surface area contributed by atoms with Gasteiger partial charge < -0.3 is 9.47 Å². The molecular formula is C12H21NO2S. The highest BCUT2D eigenvalue weighted by Crippen LogP contribution is 2.23. The van der Waals surface area contributed by atoms with Crippen molar-refractivity contribution in [3.05, 3.63) is 16.1 Å². The van der Waals surface area contributed by atoms with Crippen LogP contribution in [0.15, 0.2) is 5.38 Å². The van der Waals surface area contributed by atoms with Gasteiger partial charge in [-0.3, -0.25) is 0 Å². The molecule has 0 aliphatic carbocycles. The fraction of sp³-hybridized carbons (Fsp3) is 0.750. The van der Waals surface area contributed by atoms with Gasteiger partial charge in [-0.05, 0) is 0 Å². The van der Waals surface area contributed by atoms with Crippen LogP contribution in [0.2, 0.25) is 0 Å². The summed E-state index contributed by atoms with van der Waals surface area (Å²) in [7, 11) is 1.68. The lowest BCUT2D eigenvalue weighted by molar-refractivity contribution is 0.0722. The predicted molar refractivity (Wildman–Crippen MR) is 67.2 cm³/mol. The molecule has 3 nitrogen and oxygen atoms in total. The zero-order valence-electron chi connectivity index (χ0n) is 10.6. The van der Waals surface area contributed by atoms with E-state index in [9.17, 15) is 0 Å². The minimum atomic E-state index is 0.145. The Balaban J connectivity index is 2.30. The summed E-state index contributed by atoms with van der Waals surface area (Å²) < 4.78 is 10.3. The molecule has 0 N–H and O–H groups in total. The van der Waals surface area contributed by atoms with E-state index in [0.717, 1.165) is 18.0 Å². The van der Waals surface area contributed by atoms with Crippen molar-refractivity contribution in [3.8, 4) is 0 Å². The number of methoxy groups -OCH3 is 1. The van der Waals surface area contributed by atoms with Crippen molar-refractivity contribution in [2.24, 2.45) is 0 Å². The second-order valence-electron chi connectivity index (χ2n) is 4.73. The van der Waals surface area contributed by atoms with E-state index in [-0.39, 0.29) is 5.41 Å². The molecule has 0 amide bonds. The van der Waals surface area contributed by atoms with Crippen molar-refractivity contribution in [1.82, 2.24) is 4.98 Å². The molecule has 0 bridgehead atoms. The van der Waals surface area contributed by atoms with Crippen LogP contribution in [-0.2, 0) is 21.3 Å². The molecule has 0 aliphatic rings. The van der Waals surface area contributed by atoms with Crippen LogP contribution in [0.25, 0.3) is 0 Å². The molecule has 92 valence electrons. The van der Waals surface area contributed by atoms with Gasteiger partial charge in [-0.1, -0.05) is 20.8 Å². The van der Waals surface area contributed by atoms with Crippen LogP contribution in [0.1, 0.15) is 31.5 Å². The summed E-state index contributed by atoms with van der Waals surface area (Å²) in [5.41, 5.74) is 1.32. The second kappa shape index (κ2) is 6.33. The van der Waals surface area contributed by atoms with Gasteiger partial charge in [-0.25, -0.2) is 4.98 Å². The monoisotopic (exact) mass is 243 g/mol. The van der Waals surface area contributed by atoms with Crippen LogP contribution in [-0.4, -0.2) is 31.9 Å². The van der Waals surface area contributed by atoms with Gasteiger partial charge >= 0.3 is 0 Å². The van der Waals surface area contributed by atoms with Crippen LogP contribution in [0.5, 0.6) is 0 Å². The average molecular weight is 243 g/mol. The van der Waals surface area contributed by atoms with Crippen LogP contribution >= 0.6 is 11.3 Å². The van der Waals surface area contributed by atoms with E-state index in [4.69, 9.17) is 9.47 Å². The maximum atomic E-state index is 5.41. The first-order valence-electron chi connectivity index (χ1n) is 5.55. The molecule has 1 aromatic rings. The van der Waals surface area contributed by atoms with Crippen molar-refractivity contribution in [2.75, 3.05) is 26.9 Å². The Labute approximate surface area is 102 Å². The number of hydrogen-bond donors (Lipinski definition) is 0. The third kappa shape index (κ3) is 4.60. The van der Waals surface area contributed by atoms with Crippen molar-refractivity contribution in [3.63, 3.8) is 0 Å². The summed E-state index contributed by atoms with van der Waals surface area (Å²) in [6.07, 6.45) is 0.893. The van der Waals surface area contributed by atoms with Gasteiger partial charge in [0.1, 0.15) is 0 Å². The molecule has 0 aliphatic heterocycles. The molecule has 0 saturated carbocycles. The lowest BCUT2D eigenvalue weighted by atomic mass is 9.93. The van der Waals surface area contributed by atoms with Gasteiger partial charge in [-0.15, -0.1) is 11.3 Å². The third-order valence-electron chi connectivity index (χ3n) is 2.21. The Morgan fingerprint density at radius 3 is 2.56 bits per heavy atom. The number of aromatic nitrogens is 1. The van der Waals surface area contributed by atoms with E-state index in [2.05, 4.69) is 31.1 Å². The molecule has 0 saturated heterocycles. The average Bonchev–Trinajstić information content (AvgIpc) is 2.65. The van der Waals surface area contributed by atoms with Crippen molar-refractivity contribution in [2.45, 2.75) is 32.6 Å². The van der Waals surface area contributed by atoms with Crippen molar-refractivity contribution in [1.29, 1.82) is 0 Å². The quantitative estimate of drug-likeness (QED) is 0.720. The van der Waals surface area contributed by atoms with Crippen LogP contribution < -0.4 is 0 Å². The maximum absolute atomic E-state index is 5.41.